The zero-order valence-electron chi connectivity index (χ0n) is 13.7. The summed E-state index contributed by atoms with van der Waals surface area (Å²) in [7, 11) is 1.64. The smallest absolute Gasteiger partial charge is 0.266 e. The van der Waals surface area contributed by atoms with Crippen LogP contribution < -0.4 is 4.74 Å². The van der Waals surface area contributed by atoms with Crippen molar-refractivity contribution in [2.24, 2.45) is 5.16 Å². The number of carbonyl (C=O) groups excluding carboxylic acids is 1. The molecule has 1 aromatic carbocycles. The van der Waals surface area contributed by atoms with E-state index in [1.165, 1.54) is 0 Å². The monoisotopic (exact) mass is 317 g/mol. The van der Waals surface area contributed by atoms with Crippen molar-refractivity contribution in [3.05, 3.63) is 29.8 Å². The van der Waals surface area contributed by atoms with E-state index in [1.54, 1.807) is 7.11 Å². The van der Waals surface area contributed by atoms with Crippen LogP contribution in [0.25, 0.3) is 0 Å². The van der Waals surface area contributed by atoms with Gasteiger partial charge in [-0.25, -0.2) is 0 Å². The Bertz CT molecular complexity index is 577. The molecule has 2 aliphatic rings. The van der Waals surface area contributed by atoms with Crippen molar-refractivity contribution in [3.63, 3.8) is 0 Å². The Morgan fingerprint density at radius 1 is 1.26 bits per heavy atom. The summed E-state index contributed by atoms with van der Waals surface area (Å²) in [6.07, 6.45) is 0.0411. The molecule has 1 fully saturated rings. The van der Waals surface area contributed by atoms with Gasteiger partial charge in [0.05, 0.1) is 12.8 Å². The molecule has 0 bridgehead atoms. The third kappa shape index (κ3) is 3.47. The molecular weight excluding hydrogens is 294 g/mol. The van der Waals surface area contributed by atoms with Crippen LogP contribution in [0.1, 0.15) is 18.9 Å². The van der Waals surface area contributed by atoms with Crippen molar-refractivity contribution < 1.29 is 14.4 Å². The number of methoxy groups -OCH3 is 1. The number of oxime groups is 1. The SMILES string of the molecule is CCN1CCN(C(=O)[C@H]2CC(c3ccc(OC)cc3)=NO2)CC1. The fraction of sp³-hybridized carbons (Fsp3) is 0.529. The van der Waals surface area contributed by atoms with Crippen LogP contribution in [0.2, 0.25) is 0 Å². The fourth-order valence-electron chi connectivity index (χ4n) is 2.95. The van der Waals surface area contributed by atoms with Gasteiger partial charge in [0.2, 0.25) is 6.10 Å². The Morgan fingerprint density at radius 3 is 2.57 bits per heavy atom. The Hall–Kier alpha value is -2.08. The van der Waals surface area contributed by atoms with Crippen molar-refractivity contribution in [3.8, 4) is 5.75 Å². The second-order valence-electron chi connectivity index (χ2n) is 5.82. The lowest BCUT2D eigenvalue weighted by molar-refractivity contribution is -0.143. The van der Waals surface area contributed by atoms with Gasteiger partial charge in [-0.15, -0.1) is 0 Å². The highest BCUT2D eigenvalue weighted by Crippen LogP contribution is 2.21. The van der Waals surface area contributed by atoms with E-state index in [-0.39, 0.29) is 5.91 Å². The molecule has 124 valence electrons. The topological polar surface area (TPSA) is 54.4 Å². The molecule has 6 nitrogen and oxygen atoms in total. The van der Waals surface area contributed by atoms with Gasteiger partial charge < -0.3 is 19.4 Å². The van der Waals surface area contributed by atoms with Gasteiger partial charge in [-0.05, 0) is 36.4 Å². The molecule has 2 aliphatic heterocycles. The first kappa shape index (κ1) is 15.8. The minimum absolute atomic E-state index is 0.0491. The largest absolute Gasteiger partial charge is 0.497 e. The van der Waals surface area contributed by atoms with E-state index in [2.05, 4.69) is 17.0 Å². The maximum absolute atomic E-state index is 12.6. The van der Waals surface area contributed by atoms with E-state index < -0.39 is 6.10 Å². The maximum Gasteiger partial charge on any atom is 0.266 e. The van der Waals surface area contributed by atoms with Gasteiger partial charge in [0.25, 0.3) is 5.91 Å². The molecule has 1 atom stereocenters. The molecule has 0 saturated carbocycles. The number of rotatable bonds is 4. The Morgan fingerprint density at radius 2 is 1.96 bits per heavy atom. The van der Waals surface area contributed by atoms with Gasteiger partial charge in [-0.1, -0.05) is 12.1 Å². The Balaban J connectivity index is 1.57. The van der Waals surface area contributed by atoms with Crippen LogP contribution in [0.3, 0.4) is 0 Å². The van der Waals surface area contributed by atoms with Crippen molar-refractivity contribution in [2.45, 2.75) is 19.4 Å². The van der Waals surface area contributed by atoms with Gasteiger partial charge in [0.1, 0.15) is 5.75 Å². The quantitative estimate of drug-likeness (QED) is 0.841. The summed E-state index contributed by atoms with van der Waals surface area (Å²) >= 11 is 0. The summed E-state index contributed by atoms with van der Waals surface area (Å²) in [5, 5.41) is 4.11. The predicted molar refractivity (Wildman–Crippen MR) is 87.7 cm³/mol. The third-order valence-electron chi connectivity index (χ3n) is 4.50. The van der Waals surface area contributed by atoms with Crippen LogP contribution in [-0.2, 0) is 9.63 Å². The minimum atomic E-state index is -0.486. The highest BCUT2D eigenvalue weighted by atomic mass is 16.6. The number of hydrogen-bond donors (Lipinski definition) is 0. The van der Waals surface area contributed by atoms with Gasteiger partial charge in [0, 0.05) is 32.6 Å². The number of carbonyl (C=O) groups is 1. The van der Waals surface area contributed by atoms with Gasteiger partial charge >= 0.3 is 0 Å². The molecule has 0 aromatic heterocycles. The van der Waals surface area contributed by atoms with E-state index in [1.807, 2.05) is 29.2 Å². The molecule has 3 rings (SSSR count). The van der Waals surface area contributed by atoms with Crippen LogP contribution in [0.5, 0.6) is 5.75 Å². The van der Waals surface area contributed by atoms with Crippen molar-refractivity contribution in [2.75, 3.05) is 39.8 Å². The molecule has 23 heavy (non-hydrogen) atoms. The highest BCUT2D eigenvalue weighted by molar-refractivity contribution is 6.04. The van der Waals surface area contributed by atoms with E-state index in [4.69, 9.17) is 9.57 Å². The second-order valence-corrected chi connectivity index (χ2v) is 5.82. The average molecular weight is 317 g/mol. The van der Waals surface area contributed by atoms with Crippen LogP contribution in [0, 0.1) is 0 Å². The van der Waals surface area contributed by atoms with Gasteiger partial charge in [-0.3, -0.25) is 4.79 Å². The molecule has 2 heterocycles. The zero-order chi connectivity index (χ0) is 16.2. The summed E-state index contributed by atoms with van der Waals surface area (Å²) in [6, 6.07) is 7.65. The molecule has 6 heteroatoms. The Kier molecular flexibility index (Phi) is 4.81. The molecule has 0 spiro atoms. The summed E-state index contributed by atoms with van der Waals surface area (Å²) < 4.78 is 5.15. The van der Waals surface area contributed by atoms with Crippen LogP contribution >= 0.6 is 0 Å². The number of nitrogens with zero attached hydrogens (tertiary/aromatic N) is 3. The maximum atomic E-state index is 12.6. The molecule has 1 saturated heterocycles. The standard InChI is InChI=1S/C17H23N3O3/c1-3-19-8-10-20(11-9-19)17(21)16-12-15(18-23-16)13-4-6-14(22-2)7-5-13/h4-7,16H,3,8-12H2,1-2H3/t16-/m1/s1. The first-order valence-electron chi connectivity index (χ1n) is 8.09. The van der Waals surface area contributed by atoms with Crippen molar-refractivity contribution in [1.82, 2.24) is 9.80 Å². The molecule has 0 aliphatic carbocycles. The summed E-state index contributed by atoms with van der Waals surface area (Å²) in [5.41, 5.74) is 1.79. The number of likely N-dealkylation sites (N-methyl/N-ethyl adjacent to an activating group) is 1. The van der Waals surface area contributed by atoms with E-state index in [9.17, 15) is 4.79 Å². The van der Waals surface area contributed by atoms with E-state index in [0.717, 1.165) is 49.7 Å². The molecule has 1 amide bonds. The second kappa shape index (κ2) is 7.00. The first-order valence-corrected chi connectivity index (χ1v) is 8.09. The molecule has 1 aromatic rings. The third-order valence-corrected chi connectivity index (χ3v) is 4.50. The van der Waals surface area contributed by atoms with Gasteiger partial charge in [-0.2, -0.15) is 0 Å². The van der Waals surface area contributed by atoms with E-state index in [0.29, 0.717) is 6.42 Å². The number of piperazine rings is 1. The lowest BCUT2D eigenvalue weighted by Gasteiger charge is -2.34. The first-order chi connectivity index (χ1) is 11.2. The van der Waals surface area contributed by atoms with Crippen molar-refractivity contribution >= 4 is 11.6 Å². The number of amides is 1. The van der Waals surface area contributed by atoms with Crippen LogP contribution in [-0.4, -0.2) is 67.4 Å². The van der Waals surface area contributed by atoms with Crippen LogP contribution in [0.4, 0.5) is 0 Å². The summed E-state index contributed by atoms with van der Waals surface area (Å²) in [4.78, 5) is 22.2. The summed E-state index contributed by atoms with van der Waals surface area (Å²) in [6.45, 7) is 6.58. The highest BCUT2D eigenvalue weighted by Gasteiger charge is 2.33. The zero-order valence-corrected chi connectivity index (χ0v) is 13.7. The number of hydrogen-bond acceptors (Lipinski definition) is 5. The summed E-state index contributed by atoms with van der Waals surface area (Å²) in [5.74, 6) is 0.850. The lowest BCUT2D eigenvalue weighted by atomic mass is 10.0. The Labute approximate surface area is 136 Å². The fourth-order valence-corrected chi connectivity index (χ4v) is 2.95. The molecule has 0 N–H and O–H groups in total. The number of ether oxygens (including phenoxy) is 1. The minimum Gasteiger partial charge on any atom is -0.497 e. The molecule has 0 unspecified atom stereocenters. The predicted octanol–water partition coefficient (Wildman–Crippen LogP) is 1.35. The molecule has 0 radical (unpaired) electrons. The average Bonchev–Trinajstić information content (AvgIpc) is 3.11. The van der Waals surface area contributed by atoms with Crippen LogP contribution in [0.15, 0.2) is 29.4 Å². The lowest BCUT2D eigenvalue weighted by Crippen LogP contribution is -2.51. The van der Waals surface area contributed by atoms with E-state index >= 15 is 0 Å². The normalized spacial score (nSPS) is 21.7. The van der Waals surface area contributed by atoms with Gasteiger partial charge in [0.15, 0.2) is 0 Å². The number of benzene rings is 1. The van der Waals surface area contributed by atoms with Crippen molar-refractivity contribution in [1.29, 1.82) is 0 Å². The molecular formula is C17H23N3O3.